The molecule has 0 aliphatic heterocycles. The Balaban J connectivity index is 1.83. The number of anilines is 6. The van der Waals surface area contributed by atoms with Crippen LogP contribution in [0.25, 0.3) is 0 Å². The van der Waals surface area contributed by atoms with Gasteiger partial charge in [-0.2, -0.15) is 13.2 Å². The zero-order valence-electron chi connectivity index (χ0n) is 34.2. The van der Waals surface area contributed by atoms with Crippen molar-refractivity contribution in [3.63, 3.8) is 0 Å². The average molecular weight is 777 g/mol. The van der Waals surface area contributed by atoms with Gasteiger partial charge in [0.25, 0.3) is 0 Å². The van der Waals surface area contributed by atoms with Crippen LogP contribution in [0.2, 0.25) is 0 Å². The molecule has 0 radical (unpaired) electrons. The SMILES string of the molecule is CC(C)(C)c1cc(N(c2ccc(N(c3ccccc3)c3c(F)c(F)c(C(F)(F)F)c(F)c3F)cc2)c2cc(C(C)(C)C)cc(C(C)(C)C)c2)cc(C(C)(C)C)c1. The van der Waals surface area contributed by atoms with Gasteiger partial charge in [0.15, 0.2) is 23.3 Å². The number of para-hydroxylation sites is 1. The summed E-state index contributed by atoms with van der Waals surface area (Å²) >= 11 is 0. The van der Waals surface area contributed by atoms with Crippen LogP contribution < -0.4 is 9.80 Å². The number of alkyl halides is 3. The van der Waals surface area contributed by atoms with Crippen LogP contribution in [0.3, 0.4) is 0 Å². The smallest absolute Gasteiger partial charge is 0.310 e. The van der Waals surface area contributed by atoms with Crippen molar-refractivity contribution in [2.24, 2.45) is 0 Å². The normalized spacial score (nSPS) is 12.9. The Morgan fingerprint density at radius 2 is 0.661 bits per heavy atom. The van der Waals surface area contributed by atoms with E-state index in [9.17, 15) is 13.2 Å². The summed E-state index contributed by atoms with van der Waals surface area (Å²) in [5.74, 6) is -9.41. The van der Waals surface area contributed by atoms with E-state index in [0.29, 0.717) is 5.69 Å². The van der Waals surface area contributed by atoms with E-state index < -0.39 is 40.7 Å². The van der Waals surface area contributed by atoms with Gasteiger partial charge in [0.2, 0.25) is 0 Å². The van der Waals surface area contributed by atoms with Gasteiger partial charge in [0, 0.05) is 28.4 Å². The molecule has 0 aromatic heterocycles. The van der Waals surface area contributed by atoms with E-state index in [-0.39, 0.29) is 33.0 Å². The largest absolute Gasteiger partial charge is 0.422 e. The molecular formula is C47H51F7N2. The zero-order valence-corrected chi connectivity index (χ0v) is 34.2. The van der Waals surface area contributed by atoms with Crippen LogP contribution in [0.4, 0.5) is 64.9 Å². The van der Waals surface area contributed by atoms with Gasteiger partial charge in [0.1, 0.15) is 11.3 Å². The Labute approximate surface area is 327 Å². The highest BCUT2D eigenvalue weighted by atomic mass is 19.4. The summed E-state index contributed by atoms with van der Waals surface area (Å²) in [6.45, 7) is 25.8. The molecule has 0 N–H and O–H groups in total. The molecule has 2 nitrogen and oxygen atoms in total. The summed E-state index contributed by atoms with van der Waals surface area (Å²) in [7, 11) is 0. The first kappa shape index (κ1) is 42.4. The van der Waals surface area contributed by atoms with Crippen molar-refractivity contribution in [1.29, 1.82) is 0 Å². The van der Waals surface area contributed by atoms with Gasteiger partial charge in [-0.1, -0.05) is 113 Å². The topological polar surface area (TPSA) is 6.48 Å². The minimum atomic E-state index is -5.68. The fraction of sp³-hybridized carbons (Fsp3) is 0.362. The Morgan fingerprint density at radius 3 is 0.964 bits per heavy atom. The van der Waals surface area contributed by atoms with Gasteiger partial charge in [-0.25, -0.2) is 17.6 Å². The van der Waals surface area contributed by atoms with E-state index in [1.54, 1.807) is 18.2 Å². The van der Waals surface area contributed by atoms with Gasteiger partial charge in [0.05, 0.1) is 0 Å². The minimum Gasteiger partial charge on any atom is -0.310 e. The van der Waals surface area contributed by atoms with Gasteiger partial charge < -0.3 is 9.80 Å². The predicted octanol–water partition coefficient (Wildman–Crippen LogP) is 15.4. The first-order valence-corrected chi connectivity index (χ1v) is 18.6. The number of halogens is 7. The highest BCUT2D eigenvalue weighted by Crippen LogP contribution is 2.47. The maximum absolute atomic E-state index is 15.7. The van der Waals surface area contributed by atoms with Crippen molar-refractivity contribution in [3.05, 3.63) is 142 Å². The monoisotopic (exact) mass is 776 g/mol. The lowest BCUT2D eigenvalue weighted by molar-refractivity contribution is -0.143. The van der Waals surface area contributed by atoms with Crippen LogP contribution in [-0.4, -0.2) is 0 Å². The Morgan fingerprint density at radius 1 is 0.357 bits per heavy atom. The number of benzene rings is 5. The van der Waals surface area contributed by atoms with Crippen LogP contribution in [0, 0.1) is 23.3 Å². The molecule has 0 saturated heterocycles. The Kier molecular flexibility index (Phi) is 11.1. The first-order valence-electron chi connectivity index (χ1n) is 18.6. The van der Waals surface area contributed by atoms with Crippen LogP contribution in [-0.2, 0) is 27.8 Å². The molecule has 5 aromatic rings. The summed E-state index contributed by atoms with van der Waals surface area (Å²) in [5, 5.41) is 0. The van der Waals surface area contributed by atoms with Crippen molar-refractivity contribution in [2.75, 3.05) is 9.80 Å². The van der Waals surface area contributed by atoms with Crippen LogP contribution in [0.15, 0.2) is 91.0 Å². The Hall–Kier alpha value is -4.79. The second-order valence-electron chi connectivity index (χ2n) is 18.5. The maximum atomic E-state index is 15.7. The summed E-state index contributed by atoms with van der Waals surface area (Å²) in [4.78, 5) is 2.99. The molecule has 0 atom stereocenters. The molecule has 9 heteroatoms. The molecule has 0 aliphatic rings. The predicted molar refractivity (Wildman–Crippen MR) is 215 cm³/mol. The lowest BCUT2D eigenvalue weighted by atomic mass is 9.79. The van der Waals surface area contributed by atoms with E-state index in [4.69, 9.17) is 0 Å². The fourth-order valence-electron chi connectivity index (χ4n) is 6.46. The molecule has 0 heterocycles. The maximum Gasteiger partial charge on any atom is 0.422 e. The van der Waals surface area contributed by atoms with Crippen LogP contribution in [0.1, 0.15) is 111 Å². The Bertz CT molecular complexity index is 2040. The van der Waals surface area contributed by atoms with Crippen LogP contribution in [0.5, 0.6) is 0 Å². The molecule has 0 aliphatic carbocycles. The highest BCUT2D eigenvalue weighted by Gasteiger charge is 2.43. The number of rotatable bonds is 6. The first-order chi connectivity index (χ1) is 25.6. The van der Waals surface area contributed by atoms with Crippen molar-refractivity contribution < 1.29 is 30.7 Å². The third kappa shape index (κ3) is 8.62. The second kappa shape index (κ2) is 14.6. The van der Waals surface area contributed by atoms with E-state index in [1.807, 2.05) is 0 Å². The molecule has 0 fully saturated rings. The van der Waals surface area contributed by atoms with Gasteiger partial charge in [-0.05, 0) is 105 Å². The third-order valence-corrected chi connectivity index (χ3v) is 9.94. The summed E-state index contributed by atoms with van der Waals surface area (Å²) in [6.07, 6.45) is -5.68. The van der Waals surface area contributed by atoms with Crippen molar-refractivity contribution in [3.8, 4) is 0 Å². The van der Waals surface area contributed by atoms with Crippen molar-refractivity contribution >= 4 is 34.1 Å². The van der Waals surface area contributed by atoms with Crippen molar-refractivity contribution in [2.45, 2.75) is 111 Å². The van der Waals surface area contributed by atoms with Gasteiger partial charge in [-0.3, -0.25) is 0 Å². The number of hydrogen-bond acceptors (Lipinski definition) is 2. The fourth-order valence-corrected chi connectivity index (χ4v) is 6.46. The summed E-state index contributed by atoms with van der Waals surface area (Å²) in [5.41, 5.74) is 2.12. The second-order valence-corrected chi connectivity index (χ2v) is 18.5. The van der Waals surface area contributed by atoms with Crippen LogP contribution >= 0.6 is 0 Å². The van der Waals surface area contributed by atoms with E-state index in [0.717, 1.165) is 38.5 Å². The molecule has 0 saturated carbocycles. The molecule has 56 heavy (non-hydrogen) atoms. The lowest BCUT2D eigenvalue weighted by Crippen LogP contribution is -2.21. The number of nitrogens with zero attached hydrogens (tertiary/aromatic N) is 2. The molecular weight excluding hydrogens is 726 g/mol. The standard InChI is InChI=1S/C47H51F7N2/c1-43(2,3)28-22-29(44(4,5)6)25-35(24-28)55(36-26-30(45(7,8)9)23-31(27-36)46(10,11)12)33-18-20-34(21-19-33)56(32-16-14-13-15-17-32)42-40(50)38(48)37(47(52,53)54)39(49)41(42)51/h13-27H,1-12H3. The van der Waals surface area contributed by atoms with E-state index in [2.05, 4.69) is 124 Å². The average Bonchev–Trinajstić information content (AvgIpc) is 3.08. The van der Waals surface area contributed by atoms with Gasteiger partial charge >= 0.3 is 6.18 Å². The quantitative estimate of drug-likeness (QED) is 0.125. The molecule has 0 amide bonds. The lowest BCUT2D eigenvalue weighted by Gasteiger charge is -2.34. The molecule has 5 aromatic carbocycles. The minimum absolute atomic E-state index is 0.0499. The molecule has 0 spiro atoms. The molecule has 0 bridgehead atoms. The van der Waals surface area contributed by atoms with E-state index >= 15 is 17.6 Å². The molecule has 298 valence electrons. The number of hydrogen-bond donors (Lipinski definition) is 0. The van der Waals surface area contributed by atoms with Crippen molar-refractivity contribution in [1.82, 2.24) is 0 Å². The summed E-state index contributed by atoms with van der Waals surface area (Å²) < 4.78 is 102. The third-order valence-electron chi connectivity index (χ3n) is 9.94. The molecule has 0 unspecified atom stereocenters. The molecule has 5 rings (SSSR count). The summed E-state index contributed by atoms with van der Waals surface area (Å²) in [6, 6.07) is 27.1. The zero-order chi connectivity index (χ0) is 41.9. The highest BCUT2D eigenvalue weighted by molar-refractivity contribution is 5.82. The van der Waals surface area contributed by atoms with Gasteiger partial charge in [-0.15, -0.1) is 0 Å². The van der Waals surface area contributed by atoms with E-state index in [1.165, 1.54) is 36.4 Å².